The van der Waals surface area contributed by atoms with Gasteiger partial charge in [0, 0.05) is 137 Å². The largest absolute Gasteiger partial charge is 0.497 e. The molecule has 9 atom stereocenters. The predicted octanol–water partition coefficient (Wildman–Crippen LogP) is 18.0. The summed E-state index contributed by atoms with van der Waals surface area (Å²) in [6.07, 6.45) is 10.8. The lowest BCUT2D eigenvalue weighted by molar-refractivity contribution is -0.0376. The van der Waals surface area contributed by atoms with E-state index < -0.39 is 0 Å². The number of anilines is 4. The molecule has 25 nitrogen and oxygen atoms in total. The number of para-hydroxylation sites is 1. The SMILES string of the molecule is CC[C@H](O[C@H]1CNCC[C@@H]1c1ccc(OC)cc1)c1ccc2c(c1)N(CCCOC)CCO2.COCCCN1CC(C)(C)Oc2ccc(CO[C@H]3CNCC[C@@H]3c3ccc(OC)cc3)cc21.COCCCN1CCOc2ccc(CO[C@H]3CNCC[C@@H]3c3ccc(COc4ccccc4)cc3)cc21.COCCCN1CCOc2ccc(CO[C@H]3CNCC[C@@H]3c3ccc(OCCCN(C)C)cc3)cc21. The molecular formula is C114H157N9O16. The molecule has 754 valence electrons. The predicted molar refractivity (Wildman–Crippen MR) is 555 cm³/mol. The highest BCUT2D eigenvalue weighted by Gasteiger charge is 2.36. The Balaban J connectivity index is 0.000000148. The van der Waals surface area contributed by atoms with E-state index in [9.17, 15) is 0 Å². The molecule has 4 saturated heterocycles. The molecule has 8 aliphatic rings. The summed E-state index contributed by atoms with van der Waals surface area (Å²) in [7, 11) is 14.6. The number of piperidine rings is 4. The van der Waals surface area contributed by atoms with Gasteiger partial charge in [0.2, 0.25) is 0 Å². The van der Waals surface area contributed by atoms with Gasteiger partial charge in [0.05, 0.1) is 120 Å². The zero-order chi connectivity index (χ0) is 96.8. The van der Waals surface area contributed by atoms with E-state index in [1.807, 2.05) is 54.6 Å². The van der Waals surface area contributed by atoms with Crippen molar-refractivity contribution in [1.29, 1.82) is 0 Å². The zero-order valence-electron chi connectivity index (χ0n) is 84.6. The molecule has 4 N–H and O–H groups in total. The Hall–Kier alpha value is -9.94. The van der Waals surface area contributed by atoms with E-state index in [-0.39, 0.29) is 36.1 Å². The normalized spacial score (nSPS) is 20.5. The fraction of sp³-hybridized carbons (Fsp3) is 0.526. The number of nitrogens with zero attached hydrogens (tertiary/aromatic N) is 5. The van der Waals surface area contributed by atoms with E-state index in [0.717, 1.165) is 291 Å². The van der Waals surface area contributed by atoms with E-state index in [1.165, 1.54) is 55.8 Å². The van der Waals surface area contributed by atoms with Gasteiger partial charge in [0.1, 0.15) is 78.0 Å². The molecule has 139 heavy (non-hydrogen) atoms. The lowest BCUT2D eigenvalue weighted by Crippen LogP contribution is -2.47. The Morgan fingerprint density at radius 2 is 0.741 bits per heavy atom. The lowest BCUT2D eigenvalue weighted by atomic mass is 9.87. The fourth-order valence-electron chi connectivity index (χ4n) is 20.0. The van der Waals surface area contributed by atoms with Gasteiger partial charge in [-0.2, -0.15) is 0 Å². The molecule has 0 aliphatic carbocycles. The van der Waals surface area contributed by atoms with Gasteiger partial charge in [-0.25, -0.2) is 0 Å². The van der Waals surface area contributed by atoms with Crippen molar-refractivity contribution >= 4 is 22.7 Å². The molecular weight excluding hydrogens is 1750 g/mol. The summed E-state index contributed by atoms with van der Waals surface area (Å²) < 4.78 is 93.8. The van der Waals surface area contributed by atoms with E-state index in [2.05, 4.69) is 226 Å². The molecule has 0 radical (unpaired) electrons. The number of methoxy groups -OCH3 is 6. The molecule has 0 aromatic heterocycles. The van der Waals surface area contributed by atoms with Crippen molar-refractivity contribution < 1.29 is 75.8 Å². The van der Waals surface area contributed by atoms with Crippen LogP contribution in [0.5, 0.6) is 46.0 Å². The molecule has 8 heterocycles. The van der Waals surface area contributed by atoms with Gasteiger partial charge in [-0.15, -0.1) is 0 Å². The average molecular weight is 1910 g/mol. The molecule has 9 aromatic rings. The van der Waals surface area contributed by atoms with Crippen molar-refractivity contribution in [1.82, 2.24) is 26.2 Å². The molecule has 0 bridgehead atoms. The van der Waals surface area contributed by atoms with Crippen molar-refractivity contribution in [3.8, 4) is 46.0 Å². The first-order valence-electron chi connectivity index (χ1n) is 51.0. The van der Waals surface area contributed by atoms with Gasteiger partial charge in [-0.05, 0) is 265 Å². The maximum Gasteiger partial charge on any atom is 0.143 e. The molecule has 8 aliphatic heterocycles. The fourth-order valence-corrected chi connectivity index (χ4v) is 20.0. The molecule has 9 aromatic carbocycles. The zero-order valence-corrected chi connectivity index (χ0v) is 84.6. The summed E-state index contributed by atoms with van der Waals surface area (Å²) in [4.78, 5) is 11.8. The maximum absolute atomic E-state index is 6.80. The molecule has 0 spiro atoms. The van der Waals surface area contributed by atoms with Gasteiger partial charge in [-0.3, -0.25) is 0 Å². The van der Waals surface area contributed by atoms with Crippen LogP contribution in [0.4, 0.5) is 22.7 Å². The Morgan fingerprint density at radius 3 is 1.16 bits per heavy atom. The van der Waals surface area contributed by atoms with Gasteiger partial charge in [-0.1, -0.05) is 110 Å². The van der Waals surface area contributed by atoms with Gasteiger partial charge >= 0.3 is 0 Å². The monoisotopic (exact) mass is 1910 g/mol. The molecule has 0 saturated carbocycles. The van der Waals surface area contributed by atoms with Crippen LogP contribution in [0.2, 0.25) is 0 Å². The standard InChI is InChI=1S/C31H38N2O4.C29H43N3O4.2C27H38N2O4/c1-34-18-5-16-33-17-19-35-30-13-10-25(20-29(30)33)23-37-31-21-32-15-14-28(31)26-11-8-24(9-12-26)22-36-27-6-3-2-4-7-27;1-31(2)14-4-18-34-25-9-7-24(8-10-25)26-12-13-30-21-29(26)36-22-23-6-11-28-27(20-23)32(16-19-35-28)15-5-17-33-3;1-27(2)19-29(14-5-15-30-3)24-16-20(6-11-25(24)33-27)18-32-26-17-28-13-12-23(26)21-7-9-22(31-4)10-8-21;1-4-25(21-8-11-26-24(18-21)29(15-17-32-26)14-5-16-30-2)33-27-19-28-13-12-23(27)20-6-9-22(31-3)10-7-20/h2-4,6-13,20,28,31-32H,5,14-19,21-23H2,1H3;6-11,20,26,29-30H,4-5,12-19,21-22H2,1-3H3;6-11,16,23,26,28H,5,12-15,17-19H2,1-4H3;6-11,18,23,25,27-28H,4-5,12-17,19H2,1-3H3/t28-,31+;26-,29+;23-,26+;23-,25+,27+/m1111/s1. The molecule has 0 amide bonds. The van der Waals surface area contributed by atoms with Crippen LogP contribution in [0.25, 0.3) is 0 Å². The van der Waals surface area contributed by atoms with Crippen LogP contribution in [0, 0.1) is 0 Å². The highest BCUT2D eigenvalue weighted by molar-refractivity contribution is 5.65. The van der Waals surface area contributed by atoms with E-state index >= 15 is 0 Å². The molecule has 17 rings (SSSR count). The number of nitrogens with one attached hydrogen (secondary N) is 4. The van der Waals surface area contributed by atoms with Crippen LogP contribution < -0.4 is 78.8 Å². The summed E-state index contributed by atoms with van der Waals surface area (Å²) in [6, 6.07) is 70.2. The van der Waals surface area contributed by atoms with Crippen molar-refractivity contribution in [3.63, 3.8) is 0 Å². The van der Waals surface area contributed by atoms with Crippen LogP contribution >= 0.6 is 0 Å². The van der Waals surface area contributed by atoms with Crippen molar-refractivity contribution in [3.05, 3.63) is 250 Å². The molecule has 25 heteroatoms. The Morgan fingerprint density at radius 1 is 0.374 bits per heavy atom. The van der Waals surface area contributed by atoms with Crippen LogP contribution in [-0.4, -0.2) is 256 Å². The number of rotatable bonds is 43. The number of benzene rings is 9. The summed E-state index contributed by atoms with van der Waals surface area (Å²) in [6.45, 7) is 30.8. The number of hydrogen-bond acceptors (Lipinski definition) is 25. The quantitative estimate of drug-likeness (QED) is 0.0262. The second-order valence-electron chi connectivity index (χ2n) is 38.3. The highest BCUT2D eigenvalue weighted by Crippen LogP contribution is 2.44. The minimum Gasteiger partial charge on any atom is -0.497 e. The first-order valence-corrected chi connectivity index (χ1v) is 51.0. The minimum absolute atomic E-state index is 0.0451. The van der Waals surface area contributed by atoms with Crippen molar-refractivity contribution in [2.45, 2.75) is 171 Å². The second kappa shape index (κ2) is 55.5. The summed E-state index contributed by atoms with van der Waals surface area (Å²) in [5, 5.41) is 14.1. The second-order valence-corrected chi connectivity index (χ2v) is 38.3. The Labute approximate surface area is 828 Å². The van der Waals surface area contributed by atoms with Crippen LogP contribution in [0.15, 0.2) is 200 Å². The van der Waals surface area contributed by atoms with Gasteiger partial charge < -0.3 is 122 Å². The van der Waals surface area contributed by atoms with Gasteiger partial charge in [0.15, 0.2) is 0 Å². The summed E-state index contributed by atoms with van der Waals surface area (Å²) >= 11 is 0. The van der Waals surface area contributed by atoms with E-state index in [0.29, 0.717) is 50.1 Å². The van der Waals surface area contributed by atoms with Crippen LogP contribution in [0.3, 0.4) is 0 Å². The Kier molecular flexibility index (Phi) is 41.9. The highest BCUT2D eigenvalue weighted by atomic mass is 16.5. The molecule has 0 unspecified atom stereocenters. The van der Waals surface area contributed by atoms with E-state index in [4.69, 9.17) is 75.8 Å². The first-order chi connectivity index (χ1) is 68.1. The smallest absolute Gasteiger partial charge is 0.143 e. The topological polar surface area (TPSA) is 212 Å². The van der Waals surface area contributed by atoms with Gasteiger partial charge in [0.25, 0.3) is 0 Å². The summed E-state index contributed by atoms with van der Waals surface area (Å²) in [5.74, 6) is 8.95. The number of fused-ring (bicyclic) bond motifs is 4. The average Bonchev–Trinajstić information content (AvgIpc) is 0.779. The third-order valence-electron chi connectivity index (χ3n) is 27.5. The third kappa shape index (κ3) is 31.3. The van der Waals surface area contributed by atoms with Crippen molar-refractivity contribution in [2.75, 3.05) is 240 Å². The van der Waals surface area contributed by atoms with Crippen molar-refractivity contribution in [2.24, 2.45) is 0 Å². The maximum atomic E-state index is 6.80. The minimum atomic E-state index is -0.211. The number of hydrogen-bond donors (Lipinski definition) is 4. The summed E-state index contributed by atoms with van der Waals surface area (Å²) in [5.41, 5.74) is 15.7. The number of ether oxygens (including phenoxy) is 16. The van der Waals surface area contributed by atoms with E-state index in [1.54, 1.807) is 42.7 Å². The lowest BCUT2D eigenvalue weighted by Gasteiger charge is -2.41. The van der Waals surface area contributed by atoms with Crippen LogP contribution in [-0.2, 0) is 64.3 Å². The molecule has 4 fully saturated rings. The Bertz CT molecular complexity index is 5040. The first kappa shape index (κ1) is 105. The third-order valence-corrected chi connectivity index (χ3v) is 27.5. The van der Waals surface area contributed by atoms with Crippen LogP contribution in [0.1, 0.15) is 165 Å².